The molecule has 0 radical (unpaired) electrons. The van der Waals surface area contributed by atoms with Crippen molar-refractivity contribution in [3.05, 3.63) is 5.69 Å². The summed E-state index contributed by atoms with van der Waals surface area (Å²) < 4.78 is 1.24. The third-order valence-corrected chi connectivity index (χ3v) is 9.75. The smallest absolute Gasteiger partial charge is 0.319 e. The molecule has 1 N–H and O–H groups in total. The number of urea groups is 1. The topological polar surface area (TPSA) is 48.5 Å². The zero-order valence-electron chi connectivity index (χ0n) is 20.7. The summed E-state index contributed by atoms with van der Waals surface area (Å²) in [4.78, 5) is 23.0. The summed E-state index contributed by atoms with van der Waals surface area (Å²) in [5.74, 6) is 1.86. The zero-order valence-corrected chi connectivity index (χ0v) is 22.3. The molecular formula is C25H44N4OS2. The molecule has 2 aliphatic carbocycles. The number of hydrogen-bond acceptors (Lipinski definition) is 5. The van der Waals surface area contributed by atoms with Crippen LogP contribution in [0, 0.1) is 12.8 Å². The highest BCUT2D eigenvalue weighted by atomic mass is 32.2. The number of nitrogens with zero attached hydrogens (tertiary/aromatic N) is 3. The second kappa shape index (κ2) is 13.2. The average molecular weight is 481 g/mol. The Bertz CT molecular complexity index is 690. The highest BCUT2D eigenvalue weighted by Crippen LogP contribution is 2.35. The van der Waals surface area contributed by atoms with Gasteiger partial charge in [-0.3, -0.25) is 5.32 Å². The first-order valence-electron chi connectivity index (χ1n) is 12.9. The van der Waals surface area contributed by atoms with Crippen LogP contribution in [0.4, 0.5) is 9.93 Å². The van der Waals surface area contributed by atoms with E-state index in [9.17, 15) is 4.79 Å². The van der Waals surface area contributed by atoms with Crippen molar-refractivity contribution in [1.82, 2.24) is 14.8 Å². The van der Waals surface area contributed by atoms with Crippen molar-refractivity contribution < 1.29 is 4.79 Å². The second-order valence-corrected chi connectivity index (χ2v) is 12.0. The van der Waals surface area contributed by atoms with E-state index >= 15 is 0 Å². The van der Waals surface area contributed by atoms with Crippen LogP contribution in [0.2, 0.25) is 0 Å². The number of amides is 2. The molecule has 182 valence electrons. The molecule has 0 spiro atoms. The van der Waals surface area contributed by atoms with Gasteiger partial charge in [-0.25, -0.2) is 9.78 Å². The minimum atomic E-state index is 0.0879. The molecule has 0 aromatic carbocycles. The van der Waals surface area contributed by atoms with Crippen LogP contribution in [-0.2, 0) is 0 Å². The quantitative estimate of drug-likeness (QED) is 0.305. The third kappa shape index (κ3) is 7.36. The van der Waals surface area contributed by atoms with Crippen molar-refractivity contribution in [3.63, 3.8) is 0 Å². The molecule has 2 fully saturated rings. The maximum Gasteiger partial charge on any atom is 0.324 e. The normalized spacial score (nSPS) is 22.7. The Hall–Kier alpha value is -0.790. The molecule has 0 saturated heterocycles. The van der Waals surface area contributed by atoms with E-state index in [2.05, 4.69) is 42.8 Å². The highest BCUT2D eigenvalue weighted by molar-refractivity contribution is 8.01. The van der Waals surface area contributed by atoms with Crippen molar-refractivity contribution in [2.75, 3.05) is 30.7 Å². The first-order chi connectivity index (χ1) is 15.5. The third-order valence-electron chi connectivity index (χ3n) is 7.33. The number of hydrogen-bond donors (Lipinski definition) is 1. The van der Waals surface area contributed by atoms with E-state index in [0.29, 0.717) is 12.1 Å². The van der Waals surface area contributed by atoms with Crippen LogP contribution in [0.1, 0.15) is 90.7 Å². The van der Waals surface area contributed by atoms with Gasteiger partial charge in [-0.15, -0.1) is 11.8 Å². The number of rotatable bonds is 9. The molecule has 2 amide bonds. The van der Waals surface area contributed by atoms with Crippen LogP contribution < -0.4 is 5.32 Å². The highest BCUT2D eigenvalue weighted by Gasteiger charge is 2.33. The number of aryl methyl sites for hydroxylation is 1. The van der Waals surface area contributed by atoms with E-state index in [0.717, 1.165) is 67.8 Å². The van der Waals surface area contributed by atoms with Gasteiger partial charge in [0.1, 0.15) is 0 Å². The minimum absolute atomic E-state index is 0.0879. The van der Waals surface area contributed by atoms with Crippen molar-refractivity contribution in [1.29, 1.82) is 0 Å². The number of thiazole rings is 1. The van der Waals surface area contributed by atoms with Crippen LogP contribution in [0.25, 0.3) is 0 Å². The number of carbonyl (C=O) groups excluding carboxylic acids is 1. The molecule has 1 aromatic heterocycles. The Morgan fingerprint density at radius 3 is 2.28 bits per heavy atom. The van der Waals surface area contributed by atoms with E-state index in [4.69, 9.17) is 4.98 Å². The van der Waals surface area contributed by atoms with Crippen LogP contribution in [-0.4, -0.2) is 58.3 Å². The number of thioether (sulfide) groups is 1. The summed E-state index contributed by atoms with van der Waals surface area (Å²) >= 11 is 3.52. The summed E-state index contributed by atoms with van der Waals surface area (Å²) in [7, 11) is 0. The number of anilines is 1. The van der Waals surface area contributed by atoms with Gasteiger partial charge in [-0.1, -0.05) is 57.8 Å². The maximum atomic E-state index is 13.6. The van der Waals surface area contributed by atoms with Crippen LogP contribution in [0.15, 0.2) is 4.21 Å². The average Bonchev–Trinajstić information content (AvgIpc) is 2.96. The standard InChI is InChI=1S/C25H44N4OS2/c1-5-28(6-2)17-18-31-23-20(4)26-24(32-23)27-25(30)29(21-11-9-7-8-10-12-21)22-15-13-19(3)14-16-22/h19,21-22H,5-18H2,1-4H3,(H,26,27,30). The number of nitrogens with one attached hydrogen (secondary N) is 1. The lowest BCUT2D eigenvalue weighted by molar-refractivity contribution is 0.116. The van der Waals surface area contributed by atoms with E-state index in [1.54, 1.807) is 11.3 Å². The largest absolute Gasteiger partial charge is 0.324 e. The molecule has 2 aliphatic rings. The first-order valence-corrected chi connectivity index (χ1v) is 14.7. The van der Waals surface area contributed by atoms with Gasteiger partial charge in [0.05, 0.1) is 9.90 Å². The predicted molar refractivity (Wildman–Crippen MR) is 139 cm³/mol. The fourth-order valence-electron chi connectivity index (χ4n) is 5.22. The van der Waals surface area contributed by atoms with Gasteiger partial charge in [-0.05, 0) is 64.5 Å². The molecule has 0 unspecified atom stereocenters. The summed E-state index contributed by atoms with van der Waals surface area (Å²) in [5.41, 5.74) is 1.04. The Morgan fingerprint density at radius 2 is 1.66 bits per heavy atom. The van der Waals surface area contributed by atoms with Gasteiger partial charge >= 0.3 is 6.03 Å². The van der Waals surface area contributed by atoms with E-state index < -0.39 is 0 Å². The van der Waals surface area contributed by atoms with Crippen LogP contribution >= 0.6 is 23.1 Å². The molecule has 5 nitrogen and oxygen atoms in total. The summed E-state index contributed by atoms with van der Waals surface area (Å²) in [6.45, 7) is 12.1. The number of carbonyl (C=O) groups is 1. The van der Waals surface area contributed by atoms with E-state index in [1.807, 2.05) is 11.8 Å². The predicted octanol–water partition coefficient (Wildman–Crippen LogP) is 7.02. The molecule has 7 heteroatoms. The van der Waals surface area contributed by atoms with E-state index in [-0.39, 0.29) is 6.03 Å². The van der Waals surface area contributed by atoms with Gasteiger partial charge < -0.3 is 9.80 Å². The van der Waals surface area contributed by atoms with Crippen molar-refractivity contribution >= 4 is 34.3 Å². The first kappa shape index (κ1) is 25.8. The van der Waals surface area contributed by atoms with Gasteiger partial charge in [0.15, 0.2) is 5.13 Å². The monoisotopic (exact) mass is 480 g/mol. The maximum absolute atomic E-state index is 13.6. The van der Waals surface area contributed by atoms with Crippen molar-refractivity contribution in [2.45, 2.75) is 108 Å². The van der Waals surface area contributed by atoms with Crippen LogP contribution in [0.5, 0.6) is 0 Å². The van der Waals surface area contributed by atoms with Gasteiger partial charge in [0.2, 0.25) is 0 Å². The fraction of sp³-hybridized carbons (Fsp3) is 0.840. The SMILES string of the molecule is CCN(CC)CCSc1sc(NC(=O)N(C2CCCCCC2)C2CCC(C)CC2)nc1C. The van der Waals surface area contributed by atoms with Gasteiger partial charge in [0, 0.05) is 24.4 Å². The number of aromatic nitrogens is 1. The molecule has 1 aromatic rings. The lowest BCUT2D eigenvalue weighted by Gasteiger charge is -2.40. The molecule has 3 rings (SSSR count). The van der Waals surface area contributed by atoms with E-state index in [1.165, 1.54) is 42.7 Å². The minimum Gasteiger partial charge on any atom is -0.319 e. The second-order valence-electron chi connectivity index (χ2n) is 9.66. The van der Waals surface area contributed by atoms with Crippen molar-refractivity contribution in [2.24, 2.45) is 5.92 Å². The lowest BCUT2D eigenvalue weighted by atomic mass is 9.85. The Morgan fingerprint density at radius 1 is 1.03 bits per heavy atom. The molecule has 2 saturated carbocycles. The Labute approximate surface area is 204 Å². The summed E-state index contributed by atoms with van der Waals surface area (Å²) in [5, 5.41) is 3.99. The molecule has 1 heterocycles. The summed E-state index contributed by atoms with van der Waals surface area (Å²) in [6, 6.07) is 0.864. The van der Waals surface area contributed by atoms with Gasteiger partial charge in [-0.2, -0.15) is 0 Å². The van der Waals surface area contributed by atoms with Crippen LogP contribution in [0.3, 0.4) is 0 Å². The fourth-order valence-corrected chi connectivity index (χ4v) is 7.42. The zero-order chi connectivity index (χ0) is 22.9. The molecular weight excluding hydrogens is 436 g/mol. The van der Waals surface area contributed by atoms with Crippen molar-refractivity contribution in [3.8, 4) is 0 Å². The molecule has 0 atom stereocenters. The molecule has 0 bridgehead atoms. The molecule has 32 heavy (non-hydrogen) atoms. The molecule has 0 aliphatic heterocycles. The Balaban J connectivity index is 1.64. The Kier molecular flexibility index (Phi) is 10.6. The lowest BCUT2D eigenvalue weighted by Crippen LogP contribution is -2.50. The van der Waals surface area contributed by atoms with Gasteiger partial charge in [0.25, 0.3) is 0 Å². The summed E-state index contributed by atoms with van der Waals surface area (Å²) in [6.07, 6.45) is 12.2.